The molecule has 0 fully saturated rings. The number of nitrogens with zero attached hydrogens (tertiary/aromatic N) is 1. The first kappa shape index (κ1) is 14.5. The van der Waals surface area contributed by atoms with Crippen molar-refractivity contribution in [1.29, 1.82) is 0 Å². The lowest BCUT2D eigenvalue weighted by atomic mass is 9.96. The maximum Gasteiger partial charge on any atom is 0.147 e. The van der Waals surface area contributed by atoms with E-state index in [4.69, 9.17) is 10.9 Å². The Kier molecular flexibility index (Phi) is 5.12. The van der Waals surface area contributed by atoms with Crippen molar-refractivity contribution in [2.24, 2.45) is 10.9 Å². The molecule has 5 N–H and O–H groups in total. The molecular formula is C13H21N3O2. The Morgan fingerprint density at radius 3 is 2.50 bits per heavy atom. The lowest BCUT2D eigenvalue weighted by Crippen LogP contribution is -2.46. The SMILES string of the molecule is CC(C)(CO)NCC(C(N)=NO)c1ccccc1. The largest absolute Gasteiger partial charge is 0.409 e. The van der Waals surface area contributed by atoms with Crippen molar-refractivity contribution in [3.8, 4) is 0 Å². The third-order valence-corrected chi connectivity index (χ3v) is 2.85. The molecule has 100 valence electrons. The summed E-state index contributed by atoms with van der Waals surface area (Å²) in [5.41, 5.74) is 6.28. The molecule has 1 aromatic rings. The molecule has 1 rings (SSSR count). The molecule has 1 atom stereocenters. The van der Waals surface area contributed by atoms with Gasteiger partial charge in [-0.25, -0.2) is 0 Å². The third-order valence-electron chi connectivity index (χ3n) is 2.85. The molecule has 0 aliphatic carbocycles. The first-order valence-corrected chi connectivity index (χ1v) is 5.88. The lowest BCUT2D eigenvalue weighted by Gasteiger charge is -2.26. The van der Waals surface area contributed by atoms with Gasteiger partial charge in [-0.3, -0.25) is 0 Å². The molecule has 0 saturated heterocycles. The number of nitrogens with two attached hydrogens (primary N) is 1. The molecule has 5 heteroatoms. The predicted molar refractivity (Wildman–Crippen MR) is 71.8 cm³/mol. The van der Waals surface area contributed by atoms with Gasteiger partial charge in [-0.2, -0.15) is 0 Å². The van der Waals surface area contributed by atoms with Crippen LogP contribution in [0.1, 0.15) is 25.3 Å². The second-order valence-corrected chi connectivity index (χ2v) is 4.91. The number of hydrogen-bond donors (Lipinski definition) is 4. The summed E-state index contributed by atoms with van der Waals surface area (Å²) >= 11 is 0. The Hall–Kier alpha value is -1.59. The van der Waals surface area contributed by atoms with E-state index < -0.39 is 5.54 Å². The second-order valence-electron chi connectivity index (χ2n) is 4.91. The minimum absolute atomic E-state index is 0.0185. The van der Waals surface area contributed by atoms with Crippen LogP contribution in [0.2, 0.25) is 0 Å². The minimum atomic E-state index is -0.400. The summed E-state index contributed by atoms with van der Waals surface area (Å²) in [7, 11) is 0. The Morgan fingerprint density at radius 2 is 2.00 bits per heavy atom. The summed E-state index contributed by atoms with van der Waals surface area (Å²) in [6.45, 7) is 4.29. The van der Waals surface area contributed by atoms with E-state index in [1.54, 1.807) is 0 Å². The Balaban J connectivity index is 2.82. The van der Waals surface area contributed by atoms with Gasteiger partial charge in [0.15, 0.2) is 0 Å². The summed E-state index contributed by atoms with van der Waals surface area (Å²) in [5, 5.41) is 24.3. The number of rotatable bonds is 6. The zero-order valence-corrected chi connectivity index (χ0v) is 10.8. The average Bonchev–Trinajstić information content (AvgIpc) is 2.39. The van der Waals surface area contributed by atoms with Crippen LogP contribution in [0.3, 0.4) is 0 Å². The fourth-order valence-corrected chi connectivity index (χ4v) is 1.58. The maximum atomic E-state index is 9.20. The van der Waals surface area contributed by atoms with Gasteiger partial charge in [-0.15, -0.1) is 0 Å². The van der Waals surface area contributed by atoms with E-state index in [-0.39, 0.29) is 18.4 Å². The Morgan fingerprint density at radius 1 is 1.39 bits per heavy atom. The van der Waals surface area contributed by atoms with Gasteiger partial charge in [0.25, 0.3) is 0 Å². The molecule has 0 amide bonds. The number of oxime groups is 1. The van der Waals surface area contributed by atoms with E-state index >= 15 is 0 Å². The first-order valence-electron chi connectivity index (χ1n) is 5.88. The Labute approximate surface area is 107 Å². The van der Waals surface area contributed by atoms with Gasteiger partial charge in [-0.1, -0.05) is 35.5 Å². The summed E-state index contributed by atoms with van der Waals surface area (Å²) in [5.74, 6) is -0.0653. The van der Waals surface area contributed by atoms with E-state index in [0.717, 1.165) is 5.56 Å². The van der Waals surface area contributed by atoms with E-state index in [0.29, 0.717) is 6.54 Å². The highest BCUT2D eigenvalue weighted by molar-refractivity contribution is 5.87. The molecule has 0 aromatic heterocycles. The van der Waals surface area contributed by atoms with E-state index in [2.05, 4.69) is 10.5 Å². The maximum absolute atomic E-state index is 9.20. The quantitative estimate of drug-likeness (QED) is 0.261. The second kappa shape index (κ2) is 6.37. The molecular weight excluding hydrogens is 230 g/mol. The normalized spacial score (nSPS) is 14.5. The monoisotopic (exact) mass is 251 g/mol. The number of aliphatic hydroxyl groups is 1. The van der Waals surface area contributed by atoms with Crippen molar-refractivity contribution in [2.75, 3.05) is 13.2 Å². The molecule has 0 spiro atoms. The average molecular weight is 251 g/mol. The van der Waals surface area contributed by atoms with Crippen LogP contribution in [-0.4, -0.2) is 34.8 Å². The highest BCUT2D eigenvalue weighted by Gasteiger charge is 2.21. The van der Waals surface area contributed by atoms with Crippen LogP contribution in [0.5, 0.6) is 0 Å². The number of amidine groups is 1. The minimum Gasteiger partial charge on any atom is -0.409 e. The van der Waals surface area contributed by atoms with Crippen LogP contribution >= 0.6 is 0 Å². The molecule has 18 heavy (non-hydrogen) atoms. The van der Waals surface area contributed by atoms with Crippen molar-refractivity contribution in [3.63, 3.8) is 0 Å². The highest BCUT2D eigenvalue weighted by Crippen LogP contribution is 2.16. The summed E-state index contributed by atoms with van der Waals surface area (Å²) in [6.07, 6.45) is 0. The van der Waals surface area contributed by atoms with Gasteiger partial charge in [0.1, 0.15) is 5.84 Å². The molecule has 1 unspecified atom stereocenters. The standard InChI is InChI=1S/C13H21N3O2/c1-13(2,9-17)15-8-11(12(14)16-18)10-6-4-3-5-7-10/h3-7,11,15,17-18H,8-9H2,1-2H3,(H2,14,16). The van der Waals surface area contributed by atoms with Crippen molar-refractivity contribution in [1.82, 2.24) is 5.32 Å². The molecule has 5 nitrogen and oxygen atoms in total. The van der Waals surface area contributed by atoms with Crippen LogP contribution in [0, 0.1) is 0 Å². The fraction of sp³-hybridized carbons (Fsp3) is 0.462. The van der Waals surface area contributed by atoms with Crippen molar-refractivity contribution >= 4 is 5.84 Å². The van der Waals surface area contributed by atoms with Crippen LogP contribution in [0.4, 0.5) is 0 Å². The molecule has 0 aliphatic rings. The van der Waals surface area contributed by atoms with Gasteiger partial charge in [0.2, 0.25) is 0 Å². The molecule has 1 aromatic carbocycles. The number of hydrogen-bond acceptors (Lipinski definition) is 4. The van der Waals surface area contributed by atoms with Gasteiger partial charge in [0, 0.05) is 12.1 Å². The van der Waals surface area contributed by atoms with Gasteiger partial charge >= 0.3 is 0 Å². The molecule has 0 bridgehead atoms. The van der Waals surface area contributed by atoms with Gasteiger partial charge in [-0.05, 0) is 19.4 Å². The number of nitrogens with one attached hydrogen (secondary N) is 1. The third kappa shape index (κ3) is 4.01. The summed E-state index contributed by atoms with van der Waals surface area (Å²) in [4.78, 5) is 0. The van der Waals surface area contributed by atoms with Gasteiger partial charge in [0.05, 0.1) is 12.5 Å². The molecule has 0 heterocycles. The van der Waals surface area contributed by atoms with Crippen molar-refractivity contribution in [3.05, 3.63) is 35.9 Å². The zero-order valence-electron chi connectivity index (χ0n) is 10.8. The first-order chi connectivity index (χ1) is 8.50. The summed E-state index contributed by atoms with van der Waals surface area (Å²) in [6, 6.07) is 9.58. The van der Waals surface area contributed by atoms with Gasteiger partial charge < -0.3 is 21.4 Å². The van der Waals surface area contributed by atoms with Crippen LogP contribution in [0.25, 0.3) is 0 Å². The lowest BCUT2D eigenvalue weighted by molar-refractivity contribution is 0.188. The smallest absolute Gasteiger partial charge is 0.147 e. The fourth-order valence-electron chi connectivity index (χ4n) is 1.58. The highest BCUT2D eigenvalue weighted by atomic mass is 16.4. The van der Waals surface area contributed by atoms with E-state index in [9.17, 15) is 5.11 Å². The van der Waals surface area contributed by atoms with Crippen molar-refractivity contribution in [2.45, 2.75) is 25.3 Å². The summed E-state index contributed by atoms with van der Waals surface area (Å²) < 4.78 is 0. The van der Waals surface area contributed by atoms with E-state index in [1.165, 1.54) is 0 Å². The van der Waals surface area contributed by atoms with Crippen LogP contribution in [0.15, 0.2) is 35.5 Å². The molecule has 0 aliphatic heterocycles. The van der Waals surface area contributed by atoms with Crippen molar-refractivity contribution < 1.29 is 10.3 Å². The predicted octanol–water partition coefficient (Wildman–Crippen LogP) is 0.877. The topological polar surface area (TPSA) is 90.9 Å². The van der Waals surface area contributed by atoms with Crippen LogP contribution < -0.4 is 11.1 Å². The number of aliphatic hydroxyl groups excluding tert-OH is 1. The van der Waals surface area contributed by atoms with E-state index in [1.807, 2.05) is 44.2 Å². The zero-order chi connectivity index (χ0) is 13.6. The molecule has 0 radical (unpaired) electrons. The Bertz CT molecular complexity index is 390. The number of benzene rings is 1. The van der Waals surface area contributed by atoms with Crippen LogP contribution in [-0.2, 0) is 0 Å². The molecule has 0 saturated carbocycles.